The van der Waals surface area contributed by atoms with Crippen LogP contribution in [0.4, 0.5) is 23.2 Å². The molecule has 2 heterocycles. The Morgan fingerprint density at radius 3 is 2.51 bits per heavy atom. The van der Waals surface area contributed by atoms with Gasteiger partial charge in [-0.05, 0) is 36.6 Å². The molecule has 0 spiro atoms. The van der Waals surface area contributed by atoms with Crippen molar-refractivity contribution in [3.63, 3.8) is 0 Å². The number of anilines is 1. The molecule has 1 unspecified atom stereocenters. The molecule has 3 rings (SSSR count). The molecule has 0 bridgehead atoms. The highest BCUT2D eigenvalue weighted by Gasteiger charge is 2.32. The molecule has 0 fully saturated rings. The van der Waals surface area contributed by atoms with E-state index in [2.05, 4.69) is 28.3 Å². The fourth-order valence-electron chi connectivity index (χ4n) is 3.95. The van der Waals surface area contributed by atoms with E-state index in [1.807, 2.05) is 13.8 Å². The van der Waals surface area contributed by atoms with E-state index in [0.717, 1.165) is 12.3 Å². The van der Waals surface area contributed by atoms with Crippen LogP contribution < -0.4 is 4.90 Å². The molecule has 0 N–H and O–H groups in total. The number of nitrogens with zero attached hydrogens (tertiary/aromatic N) is 4. The van der Waals surface area contributed by atoms with Crippen LogP contribution in [0, 0.1) is 0 Å². The van der Waals surface area contributed by atoms with Gasteiger partial charge in [0.25, 0.3) is 5.91 Å². The summed E-state index contributed by atoms with van der Waals surface area (Å²) in [6.45, 7) is 11.2. The molecule has 2 aromatic heterocycles. The summed E-state index contributed by atoms with van der Waals surface area (Å²) in [6.07, 6.45) is 0.262. The van der Waals surface area contributed by atoms with E-state index < -0.39 is 24.5 Å². The van der Waals surface area contributed by atoms with Crippen LogP contribution in [0.2, 0.25) is 0 Å². The smallest absolute Gasteiger partial charge is 0.339 e. The number of rotatable bonds is 13. The highest BCUT2D eigenvalue weighted by molar-refractivity contribution is 6.05. The Hall–Kier alpha value is -3.82. The highest BCUT2D eigenvalue weighted by Crippen LogP contribution is 2.31. The Kier molecular flexibility index (Phi) is 10.1. The number of carbonyl (C=O) groups is 1. The van der Waals surface area contributed by atoms with Crippen molar-refractivity contribution in [3.8, 4) is 11.1 Å². The summed E-state index contributed by atoms with van der Waals surface area (Å²) in [5, 5.41) is 4.00. The second kappa shape index (κ2) is 13.3. The first-order valence-electron chi connectivity index (χ1n) is 12.7. The fraction of sp³-hybridized carbons (Fsp3) is 0.379. The fourth-order valence-corrected chi connectivity index (χ4v) is 3.95. The van der Waals surface area contributed by atoms with E-state index >= 15 is 0 Å². The summed E-state index contributed by atoms with van der Waals surface area (Å²) >= 11 is 0. The number of unbranched alkanes of at least 4 members (excludes halogenated alkanes) is 1. The van der Waals surface area contributed by atoms with Crippen LogP contribution in [0.3, 0.4) is 0 Å². The molecule has 208 valence electrons. The molecule has 0 radical (unpaired) electrons. The molecular weight excluding hydrogens is 512 g/mol. The number of hydrogen-bond acceptors (Lipinski definition) is 5. The summed E-state index contributed by atoms with van der Waals surface area (Å²) in [5.74, 6) is 0.721. The van der Waals surface area contributed by atoms with Gasteiger partial charge in [-0.15, -0.1) is 6.58 Å². The molecule has 0 aliphatic rings. The Labute approximate surface area is 225 Å². The summed E-state index contributed by atoms with van der Waals surface area (Å²) in [5.41, 5.74) is 0.729. The normalized spacial score (nSPS) is 12.4. The van der Waals surface area contributed by atoms with Crippen molar-refractivity contribution < 1.29 is 26.9 Å². The standard InChI is InChI=1S/C29H32F4N4O2/c1-5-21(27-35-26(19(2)3)36-39-27)9-6-7-16-37(28(38)20(4)14-15-30)24-11-8-10-22(17-24)23-12-13-25(34-18-23)29(31,32)33/h5,8,10-13,17-19,21H,1,4,6-7,9,14-16H2,2-3H3. The molecule has 0 aliphatic carbocycles. The van der Waals surface area contributed by atoms with Crippen molar-refractivity contribution in [1.29, 1.82) is 0 Å². The zero-order valence-corrected chi connectivity index (χ0v) is 22.0. The molecule has 6 nitrogen and oxygen atoms in total. The Bertz CT molecular complexity index is 1270. The number of aromatic nitrogens is 3. The topological polar surface area (TPSA) is 72.1 Å². The van der Waals surface area contributed by atoms with Crippen molar-refractivity contribution >= 4 is 11.6 Å². The van der Waals surface area contributed by atoms with Gasteiger partial charge in [-0.1, -0.05) is 56.3 Å². The molecule has 1 aromatic carbocycles. The minimum Gasteiger partial charge on any atom is -0.339 e. The average Bonchev–Trinajstić information content (AvgIpc) is 3.41. The maximum absolute atomic E-state index is 13.2. The zero-order valence-electron chi connectivity index (χ0n) is 22.0. The van der Waals surface area contributed by atoms with Gasteiger partial charge in [0.1, 0.15) is 5.69 Å². The molecule has 0 aliphatic heterocycles. The number of pyridine rings is 1. The summed E-state index contributed by atoms with van der Waals surface area (Å²) < 4.78 is 57.1. The number of hydrogen-bond donors (Lipinski definition) is 0. The van der Waals surface area contributed by atoms with Gasteiger partial charge in [0.05, 0.1) is 12.6 Å². The van der Waals surface area contributed by atoms with Crippen LogP contribution in [0.5, 0.6) is 0 Å². The predicted molar refractivity (Wildman–Crippen MR) is 142 cm³/mol. The van der Waals surface area contributed by atoms with Gasteiger partial charge in [-0.3, -0.25) is 14.2 Å². The Balaban J connectivity index is 1.76. The second-order valence-corrected chi connectivity index (χ2v) is 9.46. The van der Waals surface area contributed by atoms with Crippen LogP contribution in [-0.4, -0.2) is 34.3 Å². The number of amides is 1. The lowest BCUT2D eigenvalue weighted by Gasteiger charge is -2.24. The number of halogens is 4. The number of carbonyl (C=O) groups excluding carboxylic acids is 1. The van der Waals surface area contributed by atoms with Crippen molar-refractivity contribution in [1.82, 2.24) is 15.1 Å². The number of alkyl halides is 4. The average molecular weight is 545 g/mol. The minimum atomic E-state index is -4.54. The molecule has 0 saturated heterocycles. The first kappa shape index (κ1) is 29.7. The van der Waals surface area contributed by atoms with Crippen molar-refractivity contribution in [3.05, 3.63) is 84.8 Å². The molecule has 39 heavy (non-hydrogen) atoms. The van der Waals surface area contributed by atoms with Crippen LogP contribution in [0.1, 0.15) is 68.8 Å². The molecule has 10 heteroatoms. The van der Waals surface area contributed by atoms with E-state index in [0.29, 0.717) is 54.3 Å². The van der Waals surface area contributed by atoms with Gasteiger partial charge in [-0.2, -0.15) is 18.2 Å². The quantitative estimate of drug-likeness (QED) is 0.0956. The summed E-state index contributed by atoms with van der Waals surface area (Å²) in [4.78, 5) is 22.7. The van der Waals surface area contributed by atoms with Crippen LogP contribution >= 0.6 is 0 Å². The lowest BCUT2D eigenvalue weighted by Crippen LogP contribution is -2.33. The van der Waals surface area contributed by atoms with Crippen LogP contribution in [0.15, 0.2) is 71.9 Å². The summed E-state index contributed by atoms with van der Waals surface area (Å²) in [7, 11) is 0. The first-order valence-corrected chi connectivity index (χ1v) is 12.7. The van der Waals surface area contributed by atoms with Gasteiger partial charge in [0, 0.05) is 41.9 Å². The van der Waals surface area contributed by atoms with Gasteiger partial charge in [0.15, 0.2) is 5.82 Å². The predicted octanol–water partition coefficient (Wildman–Crippen LogP) is 7.66. The van der Waals surface area contributed by atoms with E-state index in [-0.39, 0.29) is 23.8 Å². The third kappa shape index (κ3) is 7.84. The summed E-state index contributed by atoms with van der Waals surface area (Å²) in [6, 6.07) is 9.09. The van der Waals surface area contributed by atoms with Crippen molar-refractivity contribution in [2.24, 2.45) is 0 Å². The minimum absolute atomic E-state index is 0.0915. The van der Waals surface area contributed by atoms with Crippen LogP contribution in [0.25, 0.3) is 11.1 Å². The van der Waals surface area contributed by atoms with Crippen molar-refractivity contribution in [2.75, 3.05) is 18.1 Å². The van der Waals surface area contributed by atoms with Crippen LogP contribution in [-0.2, 0) is 11.0 Å². The SMILES string of the molecule is C=CC(CCCCN(C(=O)C(=C)CCF)c1cccc(-c2ccc(C(F)(F)F)nc2)c1)c1nc(C(C)C)no1. The van der Waals surface area contributed by atoms with Crippen molar-refractivity contribution in [2.45, 2.75) is 57.5 Å². The third-order valence-corrected chi connectivity index (χ3v) is 6.21. The highest BCUT2D eigenvalue weighted by atomic mass is 19.4. The second-order valence-electron chi connectivity index (χ2n) is 9.46. The van der Waals surface area contributed by atoms with E-state index in [1.165, 1.54) is 11.0 Å². The zero-order chi connectivity index (χ0) is 28.6. The molecular formula is C29H32F4N4O2. The first-order chi connectivity index (χ1) is 18.5. The van der Waals surface area contributed by atoms with Gasteiger partial charge in [0.2, 0.25) is 5.89 Å². The molecule has 1 atom stereocenters. The van der Waals surface area contributed by atoms with Gasteiger partial charge < -0.3 is 9.42 Å². The van der Waals surface area contributed by atoms with E-state index in [4.69, 9.17) is 4.52 Å². The monoisotopic (exact) mass is 544 g/mol. The maximum Gasteiger partial charge on any atom is 0.433 e. The molecule has 3 aromatic rings. The van der Waals surface area contributed by atoms with Gasteiger partial charge in [-0.25, -0.2) is 0 Å². The van der Waals surface area contributed by atoms with E-state index in [9.17, 15) is 22.4 Å². The van der Waals surface area contributed by atoms with E-state index in [1.54, 1.807) is 30.3 Å². The molecule has 1 amide bonds. The lowest BCUT2D eigenvalue weighted by atomic mass is 10.0. The number of benzene rings is 1. The third-order valence-electron chi connectivity index (χ3n) is 6.21. The largest absolute Gasteiger partial charge is 0.433 e. The number of allylic oxidation sites excluding steroid dienone is 1. The van der Waals surface area contributed by atoms with Gasteiger partial charge >= 0.3 is 6.18 Å². The Morgan fingerprint density at radius 1 is 1.15 bits per heavy atom. The maximum atomic E-state index is 13.2. The molecule has 0 saturated carbocycles. The lowest BCUT2D eigenvalue weighted by molar-refractivity contribution is -0.141. The Morgan fingerprint density at radius 2 is 1.92 bits per heavy atom.